The molecule has 0 aromatic heterocycles. The molecule has 3 atom stereocenters. The predicted molar refractivity (Wildman–Crippen MR) is 141 cm³/mol. The van der Waals surface area contributed by atoms with Crippen LogP contribution in [0.1, 0.15) is 50.2 Å². The minimum absolute atomic E-state index is 0.00347. The molecule has 3 N–H and O–H groups in total. The molecule has 38 heavy (non-hydrogen) atoms. The maximum Gasteiger partial charge on any atom is 0.294 e. The van der Waals surface area contributed by atoms with Gasteiger partial charge in [0.15, 0.2) is 0 Å². The number of hydrogen-bond donors (Lipinski definition) is 3. The molecule has 0 spiro atoms. The van der Waals surface area contributed by atoms with Crippen LogP contribution in [-0.2, 0) is 14.9 Å². The number of nitrogens with zero attached hydrogens (tertiary/aromatic N) is 2. The summed E-state index contributed by atoms with van der Waals surface area (Å²) < 4.78 is 41.0. The standard InChI is InChI=1S/C20H27N3O4.C7H8O3S/c1-3-26-17-9-15(24)10-18(27-4-2)19(17)13-8-16(22-12-13)20(25)23-7-5-6-14(23)11-21;1-6-2-4-7(5-3-6)11(8,9)10/h9-10,13-14,16,22,24H,3-8,12H2,1-2H3;2-5H,1H3,(H,8,9,10)/t13-,14-,16-;/m0./s1. The van der Waals surface area contributed by atoms with Gasteiger partial charge in [0, 0.05) is 36.7 Å². The zero-order valence-corrected chi connectivity index (χ0v) is 22.7. The molecule has 10 nitrogen and oxygen atoms in total. The Hall–Kier alpha value is -3.33. The lowest BCUT2D eigenvalue weighted by Crippen LogP contribution is -2.45. The van der Waals surface area contributed by atoms with Crippen molar-refractivity contribution in [2.75, 3.05) is 26.3 Å². The maximum atomic E-state index is 12.9. The van der Waals surface area contributed by atoms with Gasteiger partial charge in [-0.3, -0.25) is 9.35 Å². The summed E-state index contributed by atoms with van der Waals surface area (Å²) in [5.74, 6) is 1.31. The first-order chi connectivity index (χ1) is 18.1. The average molecular weight is 546 g/mol. The quantitative estimate of drug-likeness (QED) is 0.445. The lowest BCUT2D eigenvalue weighted by atomic mass is 9.93. The van der Waals surface area contributed by atoms with Crippen LogP contribution in [-0.4, -0.2) is 67.3 Å². The van der Waals surface area contributed by atoms with E-state index in [0.717, 1.165) is 24.0 Å². The third-order valence-electron chi connectivity index (χ3n) is 6.53. The van der Waals surface area contributed by atoms with Crippen molar-refractivity contribution in [3.05, 3.63) is 47.5 Å². The second-order valence-electron chi connectivity index (χ2n) is 9.22. The fourth-order valence-electron chi connectivity index (χ4n) is 4.76. The van der Waals surface area contributed by atoms with E-state index in [1.807, 2.05) is 20.8 Å². The highest BCUT2D eigenvalue weighted by molar-refractivity contribution is 7.85. The van der Waals surface area contributed by atoms with Gasteiger partial charge in [-0.25, -0.2) is 0 Å². The minimum atomic E-state index is -4.02. The summed E-state index contributed by atoms with van der Waals surface area (Å²) in [6.07, 6.45) is 2.23. The summed E-state index contributed by atoms with van der Waals surface area (Å²) in [4.78, 5) is 14.5. The van der Waals surface area contributed by atoms with E-state index in [-0.39, 0.29) is 34.6 Å². The SMILES string of the molecule is CCOc1cc(O)cc(OCC)c1[C@@H]1CN[C@H](C(=O)N2CCC[C@H]2C#N)C1.Cc1ccc(S(=O)(=O)O)cc1. The number of ether oxygens (including phenoxy) is 2. The number of amides is 1. The number of rotatable bonds is 7. The molecule has 0 unspecified atom stereocenters. The molecule has 0 aliphatic carbocycles. The Morgan fingerprint density at radius 1 is 1.16 bits per heavy atom. The fourth-order valence-corrected chi connectivity index (χ4v) is 5.24. The average Bonchev–Trinajstić information content (AvgIpc) is 3.54. The molecule has 1 amide bonds. The number of nitrogens with one attached hydrogen (secondary N) is 1. The fraction of sp³-hybridized carbons (Fsp3) is 0.481. The maximum absolute atomic E-state index is 12.9. The number of aryl methyl sites for hydroxylation is 1. The van der Waals surface area contributed by atoms with E-state index in [0.29, 0.717) is 44.2 Å². The Bertz CT molecular complexity index is 1230. The first-order valence-electron chi connectivity index (χ1n) is 12.7. The summed E-state index contributed by atoms with van der Waals surface area (Å²) in [6, 6.07) is 10.8. The predicted octanol–water partition coefficient (Wildman–Crippen LogP) is 3.39. The summed E-state index contributed by atoms with van der Waals surface area (Å²) >= 11 is 0. The number of nitriles is 1. The van der Waals surface area contributed by atoms with E-state index in [1.165, 1.54) is 12.1 Å². The van der Waals surface area contributed by atoms with Gasteiger partial charge in [0.1, 0.15) is 23.3 Å². The van der Waals surface area contributed by atoms with E-state index >= 15 is 0 Å². The number of benzene rings is 2. The van der Waals surface area contributed by atoms with Crippen molar-refractivity contribution in [2.45, 2.75) is 62.9 Å². The molecule has 2 aromatic carbocycles. The van der Waals surface area contributed by atoms with Crippen LogP contribution in [0.4, 0.5) is 0 Å². The highest BCUT2D eigenvalue weighted by Crippen LogP contribution is 2.42. The molecule has 2 aliphatic rings. The van der Waals surface area contributed by atoms with Crippen LogP contribution in [0.15, 0.2) is 41.3 Å². The van der Waals surface area contributed by atoms with Gasteiger partial charge < -0.3 is 24.8 Å². The highest BCUT2D eigenvalue weighted by Gasteiger charge is 2.39. The van der Waals surface area contributed by atoms with Gasteiger partial charge in [0.05, 0.1) is 30.2 Å². The van der Waals surface area contributed by atoms with Gasteiger partial charge >= 0.3 is 0 Å². The van der Waals surface area contributed by atoms with E-state index in [9.17, 15) is 23.6 Å². The first kappa shape index (κ1) is 29.2. The van der Waals surface area contributed by atoms with Crippen molar-refractivity contribution in [3.63, 3.8) is 0 Å². The third-order valence-corrected chi connectivity index (χ3v) is 7.40. The smallest absolute Gasteiger partial charge is 0.294 e. The Balaban J connectivity index is 0.000000304. The van der Waals surface area contributed by atoms with Crippen LogP contribution in [0.5, 0.6) is 17.2 Å². The van der Waals surface area contributed by atoms with Gasteiger partial charge in [-0.05, 0) is 52.2 Å². The van der Waals surface area contributed by atoms with Crippen LogP contribution in [0.25, 0.3) is 0 Å². The van der Waals surface area contributed by atoms with E-state index in [1.54, 1.807) is 29.2 Å². The number of phenolic OH excluding ortho intramolecular Hbond substituents is 1. The van der Waals surface area contributed by atoms with Crippen LogP contribution in [0.2, 0.25) is 0 Å². The zero-order valence-electron chi connectivity index (χ0n) is 21.9. The van der Waals surface area contributed by atoms with Gasteiger partial charge in [-0.1, -0.05) is 17.7 Å². The van der Waals surface area contributed by atoms with Crippen LogP contribution in [0.3, 0.4) is 0 Å². The Morgan fingerprint density at radius 3 is 2.29 bits per heavy atom. The topological polar surface area (TPSA) is 149 Å². The van der Waals surface area contributed by atoms with Gasteiger partial charge in [0.2, 0.25) is 5.91 Å². The molecule has 11 heteroatoms. The largest absolute Gasteiger partial charge is 0.508 e. The molecule has 2 aliphatic heterocycles. The molecule has 4 rings (SSSR count). The van der Waals surface area contributed by atoms with Crippen molar-refractivity contribution < 1.29 is 32.3 Å². The summed E-state index contributed by atoms with van der Waals surface area (Å²) in [5, 5.41) is 22.5. The molecule has 2 saturated heterocycles. The molecule has 2 heterocycles. The lowest BCUT2D eigenvalue weighted by molar-refractivity contribution is -0.133. The molecular weight excluding hydrogens is 510 g/mol. The second-order valence-corrected chi connectivity index (χ2v) is 10.6. The van der Waals surface area contributed by atoms with Crippen molar-refractivity contribution in [1.82, 2.24) is 10.2 Å². The molecule has 0 saturated carbocycles. The van der Waals surface area contributed by atoms with Crippen LogP contribution < -0.4 is 14.8 Å². The van der Waals surface area contributed by atoms with Gasteiger partial charge in [-0.2, -0.15) is 13.7 Å². The third kappa shape index (κ3) is 7.16. The van der Waals surface area contributed by atoms with Gasteiger partial charge in [0.25, 0.3) is 10.1 Å². The number of hydrogen-bond acceptors (Lipinski definition) is 8. The molecule has 2 fully saturated rings. The zero-order chi connectivity index (χ0) is 27.9. The summed E-state index contributed by atoms with van der Waals surface area (Å²) in [5.41, 5.74) is 1.84. The van der Waals surface area contributed by atoms with Crippen LogP contribution >= 0.6 is 0 Å². The molecular formula is C27H35N3O7S. The number of phenols is 1. The summed E-state index contributed by atoms with van der Waals surface area (Å²) in [7, 11) is -4.02. The normalized spacial score (nSPS) is 20.8. The Morgan fingerprint density at radius 2 is 1.76 bits per heavy atom. The Labute approximate surface area is 223 Å². The van der Waals surface area contributed by atoms with E-state index in [4.69, 9.17) is 14.0 Å². The van der Waals surface area contributed by atoms with Crippen LogP contribution in [0, 0.1) is 18.3 Å². The second kappa shape index (κ2) is 13.0. The monoisotopic (exact) mass is 545 g/mol. The summed E-state index contributed by atoms with van der Waals surface area (Å²) in [6.45, 7) is 7.84. The lowest BCUT2D eigenvalue weighted by Gasteiger charge is -2.23. The number of likely N-dealkylation sites (tertiary alicyclic amines) is 1. The number of aromatic hydroxyl groups is 1. The van der Waals surface area contributed by atoms with Crippen molar-refractivity contribution >= 4 is 16.0 Å². The minimum Gasteiger partial charge on any atom is -0.508 e. The Kier molecular flexibility index (Phi) is 9.96. The molecule has 0 bridgehead atoms. The highest BCUT2D eigenvalue weighted by atomic mass is 32.2. The van der Waals surface area contributed by atoms with Crippen molar-refractivity contribution in [2.24, 2.45) is 0 Å². The van der Waals surface area contributed by atoms with E-state index < -0.39 is 10.1 Å². The number of carbonyl (C=O) groups excluding carboxylic acids is 1. The molecule has 2 aromatic rings. The first-order valence-corrected chi connectivity index (χ1v) is 14.1. The number of carbonyl (C=O) groups is 1. The van der Waals surface area contributed by atoms with Gasteiger partial charge in [-0.15, -0.1) is 0 Å². The molecule has 206 valence electrons. The van der Waals surface area contributed by atoms with E-state index in [2.05, 4.69) is 11.4 Å². The molecule has 0 radical (unpaired) electrons. The van der Waals surface area contributed by atoms with Crippen molar-refractivity contribution in [1.29, 1.82) is 5.26 Å². The van der Waals surface area contributed by atoms with Crippen molar-refractivity contribution in [3.8, 4) is 23.3 Å².